The van der Waals surface area contributed by atoms with E-state index >= 15 is 0 Å². The van der Waals surface area contributed by atoms with Crippen LogP contribution >= 0.6 is 22.7 Å². The van der Waals surface area contributed by atoms with Gasteiger partial charge in [-0.05, 0) is 44.8 Å². The molecule has 0 fully saturated rings. The third kappa shape index (κ3) is 4.51. The molecule has 0 radical (unpaired) electrons. The Hall–Kier alpha value is -3.24. The first-order valence-electron chi connectivity index (χ1n) is 9.43. The highest BCUT2D eigenvalue weighted by molar-refractivity contribution is 7.08. The fourth-order valence-corrected chi connectivity index (χ4v) is 5.01. The fourth-order valence-electron chi connectivity index (χ4n) is 3.58. The van der Waals surface area contributed by atoms with Crippen molar-refractivity contribution in [3.63, 3.8) is 0 Å². The van der Waals surface area contributed by atoms with Gasteiger partial charge in [0.25, 0.3) is 0 Å². The van der Waals surface area contributed by atoms with Crippen LogP contribution < -0.4 is 0 Å². The van der Waals surface area contributed by atoms with Gasteiger partial charge in [0.15, 0.2) is 11.5 Å². The van der Waals surface area contributed by atoms with Gasteiger partial charge in [-0.25, -0.2) is 0 Å². The van der Waals surface area contributed by atoms with Crippen molar-refractivity contribution in [1.29, 1.82) is 0 Å². The summed E-state index contributed by atoms with van der Waals surface area (Å²) in [6, 6.07) is 3.30. The van der Waals surface area contributed by atoms with Crippen LogP contribution in [0.15, 0.2) is 56.3 Å². The summed E-state index contributed by atoms with van der Waals surface area (Å²) in [5, 5.41) is 28.4. The minimum atomic E-state index is -0.992. The number of hydrogen-bond donors (Lipinski definition) is 2. The zero-order chi connectivity index (χ0) is 23.4. The number of Topliss-reactive ketones (excluding diaryl/α,β-unsaturated/α-hetero) is 2. The number of aliphatic hydroxyl groups is 2. The molecule has 0 bridgehead atoms. The van der Waals surface area contributed by atoms with Crippen molar-refractivity contribution in [1.82, 2.24) is 0 Å². The molecule has 2 heterocycles. The topological polar surface area (TPSA) is 127 Å². The lowest BCUT2D eigenvalue weighted by Gasteiger charge is -2.26. The average Bonchev–Trinajstić information content (AvgIpc) is 3.50. The third-order valence-electron chi connectivity index (χ3n) is 5.21. The molecule has 8 nitrogen and oxygen atoms in total. The van der Waals surface area contributed by atoms with E-state index in [2.05, 4.69) is 0 Å². The minimum absolute atomic E-state index is 0.315. The second-order valence-electron chi connectivity index (χ2n) is 6.96. The van der Waals surface area contributed by atoms with Crippen LogP contribution in [0, 0.1) is 0 Å². The quantitative estimate of drug-likeness (QED) is 0.437. The number of esters is 2. The van der Waals surface area contributed by atoms with E-state index in [0.717, 1.165) is 0 Å². The van der Waals surface area contributed by atoms with Gasteiger partial charge in [0.2, 0.25) is 11.6 Å². The van der Waals surface area contributed by atoms with Gasteiger partial charge in [0, 0.05) is 11.8 Å². The fraction of sp³-hybridized carbons (Fsp3) is 0.273. The summed E-state index contributed by atoms with van der Waals surface area (Å²) in [7, 11) is 2.37. The van der Waals surface area contributed by atoms with Gasteiger partial charge in [0.05, 0.1) is 38.2 Å². The first-order chi connectivity index (χ1) is 15.3. The number of carbonyl (C=O) groups is 4. The molecule has 1 aliphatic carbocycles. The summed E-state index contributed by atoms with van der Waals surface area (Å²) in [5.74, 6) is -7.00. The van der Waals surface area contributed by atoms with E-state index in [4.69, 9.17) is 9.47 Å². The van der Waals surface area contributed by atoms with Crippen molar-refractivity contribution in [2.75, 3.05) is 14.2 Å². The average molecular weight is 477 g/mol. The van der Waals surface area contributed by atoms with E-state index in [-0.39, 0.29) is 24.0 Å². The first-order valence-corrected chi connectivity index (χ1v) is 11.3. The Kier molecular flexibility index (Phi) is 7.26. The van der Waals surface area contributed by atoms with Crippen molar-refractivity contribution < 1.29 is 38.9 Å². The molecular formula is C22H20O8S2. The lowest BCUT2D eigenvalue weighted by Crippen LogP contribution is -2.31. The Morgan fingerprint density at radius 1 is 0.812 bits per heavy atom. The van der Waals surface area contributed by atoms with Gasteiger partial charge >= 0.3 is 11.9 Å². The predicted molar refractivity (Wildman–Crippen MR) is 117 cm³/mol. The molecule has 0 aliphatic heterocycles. The minimum Gasteiger partial charge on any atom is -0.504 e. The first kappa shape index (κ1) is 23.4. The van der Waals surface area contributed by atoms with E-state index in [0.29, 0.717) is 11.1 Å². The molecule has 1 aliphatic rings. The zero-order valence-electron chi connectivity index (χ0n) is 17.2. The van der Waals surface area contributed by atoms with Gasteiger partial charge in [-0.15, -0.1) is 0 Å². The molecule has 2 aromatic rings. The van der Waals surface area contributed by atoms with Crippen LogP contribution in [-0.2, 0) is 28.7 Å². The van der Waals surface area contributed by atoms with Crippen LogP contribution in [0.3, 0.4) is 0 Å². The lowest BCUT2D eigenvalue weighted by molar-refractivity contribution is -0.142. The molecule has 0 saturated heterocycles. The van der Waals surface area contributed by atoms with Crippen molar-refractivity contribution in [3.05, 3.63) is 67.4 Å². The molecule has 0 spiro atoms. The van der Waals surface area contributed by atoms with Crippen molar-refractivity contribution >= 4 is 46.2 Å². The van der Waals surface area contributed by atoms with E-state index in [1.54, 1.807) is 33.7 Å². The van der Waals surface area contributed by atoms with Gasteiger partial charge in [-0.3, -0.25) is 19.2 Å². The van der Waals surface area contributed by atoms with E-state index in [9.17, 15) is 29.4 Å². The standard InChI is InChI=1S/C22H20O8S2/c1-29-15(23)7-13(11-3-5-31-9-11)17-19(25)21(27)18(22(28)20(17)26)14(8-16(24)30-2)12-4-6-32-10-12/h3-6,9-10,13-14,25,28H,7-8H2,1-2H3/t13-,14+. The van der Waals surface area contributed by atoms with Crippen molar-refractivity contribution in [2.45, 2.75) is 24.7 Å². The van der Waals surface area contributed by atoms with Crippen LogP contribution in [0.2, 0.25) is 0 Å². The second-order valence-corrected chi connectivity index (χ2v) is 8.52. The summed E-state index contributed by atoms with van der Waals surface area (Å²) >= 11 is 2.61. The van der Waals surface area contributed by atoms with Gasteiger partial charge in [-0.2, -0.15) is 22.7 Å². The Bertz CT molecular complexity index is 1000. The summed E-state index contributed by atoms with van der Waals surface area (Å²) in [4.78, 5) is 50.3. The maximum absolute atomic E-state index is 13.2. The highest BCUT2D eigenvalue weighted by Crippen LogP contribution is 2.41. The molecular weight excluding hydrogens is 456 g/mol. The number of thiophene rings is 2. The highest BCUT2D eigenvalue weighted by atomic mass is 32.1. The smallest absolute Gasteiger partial charge is 0.306 e. The van der Waals surface area contributed by atoms with Crippen molar-refractivity contribution in [3.8, 4) is 0 Å². The number of ketones is 2. The maximum Gasteiger partial charge on any atom is 0.306 e. The molecule has 2 atom stereocenters. The molecule has 10 heteroatoms. The predicted octanol–water partition coefficient (Wildman–Crippen LogP) is 3.58. The van der Waals surface area contributed by atoms with E-state index in [1.165, 1.54) is 36.9 Å². The van der Waals surface area contributed by atoms with Crippen LogP contribution in [0.25, 0.3) is 0 Å². The van der Waals surface area contributed by atoms with Gasteiger partial charge < -0.3 is 19.7 Å². The molecule has 2 aromatic heterocycles. The molecule has 0 unspecified atom stereocenters. The summed E-state index contributed by atoms with van der Waals surface area (Å²) in [6.07, 6.45) is -0.630. The second kappa shape index (κ2) is 9.92. The number of aliphatic hydroxyl groups excluding tert-OH is 2. The summed E-state index contributed by atoms with van der Waals surface area (Å²) in [6.45, 7) is 0. The van der Waals surface area contributed by atoms with Crippen LogP contribution in [0.4, 0.5) is 0 Å². The summed E-state index contributed by atoms with van der Waals surface area (Å²) < 4.78 is 9.39. The number of carbonyl (C=O) groups excluding carboxylic acids is 4. The van der Waals surface area contributed by atoms with Crippen molar-refractivity contribution in [2.24, 2.45) is 0 Å². The Morgan fingerprint density at radius 2 is 1.19 bits per heavy atom. The third-order valence-corrected chi connectivity index (χ3v) is 6.62. The van der Waals surface area contributed by atoms with Crippen LogP contribution in [-0.4, -0.2) is 47.9 Å². The van der Waals surface area contributed by atoms with Gasteiger partial charge in [0.1, 0.15) is 0 Å². The number of allylic oxidation sites excluding steroid dienone is 2. The Balaban J connectivity index is 2.09. The monoisotopic (exact) mass is 476 g/mol. The molecule has 0 aromatic carbocycles. The molecule has 168 valence electrons. The Morgan fingerprint density at radius 3 is 1.47 bits per heavy atom. The molecule has 32 heavy (non-hydrogen) atoms. The van der Waals surface area contributed by atoms with E-state index in [1.807, 2.05) is 0 Å². The number of methoxy groups -OCH3 is 2. The van der Waals surface area contributed by atoms with Crippen LogP contribution in [0.1, 0.15) is 35.8 Å². The molecule has 0 saturated carbocycles. The number of hydrogen-bond acceptors (Lipinski definition) is 10. The maximum atomic E-state index is 13.2. The molecule has 3 rings (SSSR count). The normalized spacial score (nSPS) is 16.2. The zero-order valence-corrected chi connectivity index (χ0v) is 18.8. The lowest BCUT2D eigenvalue weighted by atomic mass is 9.76. The largest absolute Gasteiger partial charge is 0.504 e. The SMILES string of the molecule is COC(=O)C[C@H](C1=C(O)C(=O)C([C@H](CC(=O)OC)c2ccsc2)=C(O)C1=O)c1ccsc1. The van der Waals surface area contributed by atoms with E-state index < -0.39 is 46.9 Å². The molecule has 0 amide bonds. The summed E-state index contributed by atoms with van der Waals surface area (Å²) in [5.41, 5.74) is 0.260. The van der Waals surface area contributed by atoms with Gasteiger partial charge in [-0.1, -0.05) is 0 Å². The molecule has 2 N–H and O–H groups in total. The number of ether oxygens (including phenoxy) is 2. The van der Waals surface area contributed by atoms with Crippen LogP contribution in [0.5, 0.6) is 0 Å². The highest BCUT2D eigenvalue weighted by Gasteiger charge is 2.43. The number of rotatable bonds is 8. The Labute approximate surface area is 191 Å².